The summed E-state index contributed by atoms with van der Waals surface area (Å²) in [4.78, 5) is 3.86. The molecule has 0 spiro atoms. The summed E-state index contributed by atoms with van der Waals surface area (Å²) < 4.78 is 0. The van der Waals surface area contributed by atoms with E-state index >= 15 is 0 Å². The van der Waals surface area contributed by atoms with Crippen molar-refractivity contribution in [3.8, 4) is 5.75 Å². The Bertz CT molecular complexity index is 590. The number of phenolic OH excluding ortho intramolecular Hbond substituents is 1. The highest BCUT2D eigenvalue weighted by atomic mass is 35.5. The first-order chi connectivity index (χ1) is 11.3. The van der Waals surface area contributed by atoms with Crippen molar-refractivity contribution < 1.29 is 5.11 Å². The zero-order valence-corrected chi connectivity index (χ0v) is 15.6. The molecule has 0 aliphatic carbocycles. The van der Waals surface area contributed by atoms with Crippen LogP contribution in [0.4, 0.5) is 0 Å². The van der Waals surface area contributed by atoms with Crippen LogP contribution in [0.1, 0.15) is 24.8 Å². The van der Waals surface area contributed by atoms with Crippen LogP contribution in [-0.2, 0) is 6.42 Å². The van der Waals surface area contributed by atoms with Gasteiger partial charge in [-0.05, 0) is 68.6 Å². The van der Waals surface area contributed by atoms with Crippen LogP contribution in [0.25, 0.3) is 0 Å². The lowest BCUT2D eigenvalue weighted by molar-refractivity contribution is 0.331. The Kier molecular flexibility index (Phi) is 7.97. The second-order valence-corrected chi connectivity index (χ2v) is 7.64. The molecule has 0 amide bonds. The van der Waals surface area contributed by atoms with Crippen molar-refractivity contribution in [1.82, 2.24) is 4.90 Å². The highest BCUT2D eigenvalue weighted by Crippen LogP contribution is 2.30. The van der Waals surface area contributed by atoms with Gasteiger partial charge in [-0.3, -0.25) is 0 Å². The van der Waals surface area contributed by atoms with Crippen molar-refractivity contribution in [2.24, 2.45) is 0 Å². The van der Waals surface area contributed by atoms with Crippen LogP contribution in [-0.4, -0.2) is 34.9 Å². The third-order valence-electron chi connectivity index (χ3n) is 4.40. The molecule has 24 heavy (non-hydrogen) atoms. The lowest BCUT2D eigenvalue weighted by atomic mass is 10.1. The van der Waals surface area contributed by atoms with Crippen LogP contribution < -0.4 is 0 Å². The molecule has 1 atom stereocenters. The van der Waals surface area contributed by atoms with Gasteiger partial charge in [0.15, 0.2) is 0 Å². The van der Waals surface area contributed by atoms with Crippen molar-refractivity contribution in [1.29, 1.82) is 0 Å². The van der Waals surface area contributed by atoms with Crippen molar-refractivity contribution >= 4 is 24.2 Å². The van der Waals surface area contributed by atoms with Gasteiger partial charge in [0.05, 0.1) is 0 Å². The van der Waals surface area contributed by atoms with Crippen molar-refractivity contribution in [3.05, 3.63) is 60.2 Å². The number of rotatable bonds is 7. The van der Waals surface area contributed by atoms with E-state index in [1.807, 2.05) is 23.9 Å². The maximum absolute atomic E-state index is 9.34. The minimum absolute atomic E-state index is 0. The Hall–Kier alpha value is -1.16. The topological polar surface area (TPSA) is 23.5 Å². The second-order valence-electron chi connectivity index (χ2n) is 6.27. The third kappa shape index (κ3) is 6.04. The number of hydrogen-bond donors (Lipinski definition) is 1. The van der Waals surface area contributed by atoms with Crippen molar-refractivity contribution in [3.63, 3.8) is 0 Å². The maximum Gasteiger partial charge on any atom is 0.115 e. The van der Waals surface area contributed by atoms with Crippen LogP contribution in [0.5, 0.6) is 5.75 Å². The number of benzene rings is 2. The number of likely N-dealkylation sites (tertiary alicyclic amines) is 1. The third-order valence-corrected chi connectivity index (χ3v) is 5.66. The Labute approximate surface area is 155 Å². The fourth-order valence-corrected chi connectivity index (χ4v) is 4.31. The smallest absolute Gasteiger partial charge is 0.115 e. The molecule has 2 aromatic rings. The minimum atomic E-state index is 0. The van der Waals surface area contributed by atoms with Gasteiger partial charge in [-0.25, -0.2) is 0 Å². The standard InChI is InChI=1S/C20H25NOS.ClH/c22-18-9-11-19(12-10-18)23-20-13-15-21(16-20)14-5-4-8-17-6-2-1-3-7-17;/h1-3,6-7,9-12,20,22H,4-5,8,13-16H2;1H. The maximum atomic E-state index is 9.34. The average molecular weight is 364 g/mol. The molecule has 0 bridgehead atoms. The predicted molar refractivity (Wildman–Crippen MR) is 105 cm³/mol. The van der Waals surface area contributed by atoms with Crippen LogP contribution in [0.3, 0.4) is 0 Å². The van der Waals surface area contributed by atoms with E-state index < -0.39 is 0 Å². The first kappa shape index (κ1) is 19.2. The Morgan fingerprint density at radius 3 is 2.50 bits per heavy atom. The number of hydrogen-bond acceptors (Lipinski definition) is 3. The molecule has 3 rings (SSSR count). The van der Waals surface area contributed by atoms with Gasteiger partial charge in [-0.15, -0.1) is 24.2 Å². The number of aromatic hydroxyl groups is 1. The van der Waals surface area contributed by atoms with E-state index in [1.54, 1.807) is 12.1 Å². The van der Waals surface area contributed by atoms with Gasteiger partial charge in [0, 0.05) is 16.7 Å². The first-order valence-electron chi connectivity index (χ1n) is 8.51. The zero-order valence-electron chi connectivity index (χ0n) is 13.9. The van der Waals surface area contributed by atoms with E-state index in [9.17, 15) is 5.11 Å². The summed E-state index contributed by atoms with van der Waals surface area (Å²) in [6, 6.07) is 18.4. The van der Waals surface area contributed by atoms with Crippen molar-refractivity contribution in [2.75, 3.05) is 19.6 Å². The molecule has 1 N–H and O–H groups in total. The molecule has 1 unspecified atom stereocenters. The normalized spacial score (nSPS) is 17.6. The minimum Gasteiger partial charge on any atom is -0.508 e. The summed E-state index contributed by atoms with van der Waals surface area (Å²) in [5.41, 5.74) is 1.45. The Morgan fingerprint density at radius 1 is 1.00 bits per heavy atom. The lowest BCUT2D eigenvalue weighted by Gasteiger charge is -2.15. The molecule has 2 nitrogen and oxygen atoms in total. The summed E-state index contributed by atoms with van der Waals surface area (Å²) in [7, 11) is 0. The highest BCUT2D eigenvalue weighted by Gasteiger charge is 2.22. The predicted octanol–water partition coefficient (Wildman–Crippen LogP) is 5.00. The largest absolute Gasteiger partial charge is 0.508 e. The number of thioether (sulfide) groups is 1. The Morgan fingerprint density at radius 2 is 1.75 bits per heavy atom. The quantitative estimate of drug-likeness (QED) is 0.700. The van der Waals surface area contributed by atoms with Gasteiger partial charge in [0.25, 0.3) is 0 Å². The number of nitrogens with zero attached hydrogens (tertiary/aromatic N) is 1. The SMILES string of the molecule is Cl.Oc1ccc(SC2CCN(CCCCc3ccccc3)C2)cc1. The molecule has 0 saturated carbocycles. The molecular formula is C20H26ClNOS. The van der Waals surface area contributed by atoms with E-state index in [0.29, 0.717) is 11.0 Å². The number of unbranched alkanes of at least 4 members (excludes halogenated alkanes) is 1. The molecule has 1 aliphatic heterocycles. The Balaban J connectivity index is 0.00000208. The molecule has 0 radical (unpaired) electrons. The second kappa shape index (κ2) is 9.97. The molecule has 1 aliphatic rings. The summed E-state index contributed by atoms with van der Waals surface area (Å²) in [5, 5.41) is 10.0. The van der Waals surface area contributed by atoms with Gasteiger partial charge >= 0.3 is 0 Å². The molecule has 4 heteroatoms. The van der Waals surface area contributed by atoms with Gasteiger partial charge in [0.2, 0.25) is 0 Å². The van der Waals surface area contributed by atoms with Crippen LogP contribution in [0.2, 0.25) is 0 Å². The van der Waals surface area contributed by atoms with E-state index in [4.69, 9.17) is 0 Å². The van der Waals surface area contributed by atoms with Gasteiger partial charge in [-0.2, -0.15) is 0 Å². The summed E-state index contributed by atoms with van der Waals surface area (Å²) in [6.07, 6.45) is 5.02. The van der Waals surface area contributed by atoms with Crippen LogP contribution in [0, 0.1) is 0 Å². The van der Waals surface area contributed by atoms with Gasteiger partial charge < -0.3 is 10.0 Å². The molecular weight excluding hydrogens is 338 g/mol. The van der Waals surface area contributed by atoms with E-state index in [1.165, 1.54) is 55.8 Å². The summed E-state index contributed by atoms with van der Waals surface area (Å²) in [5.74, 6) is 0.348. The summed E-state index contributed by atoms with van der Waals surface area (Å²) >= 11 is 1.95. The van der Waals surface area contributed by atoms with Crippen LogP contribution >= 0.6 is 24.2 Å². The summed E-state index contributed by atoms with van der Waals surface area (Å²) in [6.45, 7) is 3.64. The fraction of sp³-hybridized carbons (Fsp3) is 0.400. The average Bonchev–Trinajstić information content (AvgIpc) is 3.02. The van der Waals surface area contributed by atoms with E-state index in [0.717, 1.165) is 0 Å². The van der Waals surface area contributed by atoms with Crippen LogP contribution in [0.15, 0.2) is 59.5 Å². The molecule has 1 fully saturated rings. The molecule has 130 valence electrons. The highest BCUT2D eigenvalue weighted by molar-refractivity contribution is 8.00. The van der Waals surface area contributed by atoms with Gasteiger partial charge in [-0.1, -0.05) is 30.3 Å². The van der Waals surface area contributed by atoms with Crippen molar-refractivity contribution in [2.45, 2.75) is 35.8 Å². The lowest BCUT2D eigenvalue weighted by Crippen LogP contribution is -2.22. The molecule has 1 heterocycles. The molecule has 1 saturated heterocycles. The fourth-order valence-electron chi connectivity index (χ4n) is 3.12. The number of halogens is 1. The molecule has 0 aromatic heterocycles. The molecule has 2 aromatic carbocycles. The number of phenols is 1. The van der Waals surface area contributed by atoms with Gasteiger partial charge in [0.1, 0.15) is 5.75 Å². The number of aryl methyl sites for hydroxylation is 1. The van der Waals surface area contributed by atoms with E-state index in [-0.39, 0.29) is 12.4 Å². The monoisotopic (exact) mass is 363 g/mol. The zero-order chi connectivity index (χ0) is 15.9. The first-order valence-corrected chi connectivity index (χ1v) is 9.39. The van der Waals surface area contributed by atoms with E-state index in [2.05, 4.69) is 35.2 Å².